The molecule has 0 heterocycles. The van der Waals surface area contributed by atoms with Crippen LogP contribution in [0.1, 0.15) is 72.1 Å². The molecule has 2 rings (SSSR count). The molecule has 0 spiro atoms. The van der Waals surface area contributed by atoms with Gasteiger partial charge in [0, 0.05) is 5.54 Å². The molecule has 0 aromatic carbocycles. The Labute approximate surface area is 115 Å². The van der Waals surface area contributed by atoms with Gasteiger partial charge in [0.25, 0.3) is 0 Å². The van der Waals surface area contributed by atoms with E-state index in [0.717, 1.165) is 38.5 Å². The topological polar surface area (TPSA) is 58.6 Å². The zero-order chi connectivity index (χ0) is 14.1. The zero-order valence-electron chi connectivity index (χ0n) is 12.4. The highest BCUT2D eigenvalue weighted by Crippen LogP contribution is 2.46. The smallest absolute Gasteiger partial charge is 0.408 e. The lowest BCUT2D eigenvalue weighted by Gasteiger charge is -2.40. The van der Waals surface area contributed by atoms with Crippen LogP contribution in [0.3, 0.4) is 0 Å². The molecular weight excluding hydrogens is 242 g/mol. The van der Waals surface area contributed by atoms with Crippen LogP contribution in [0.2, 0.25) is 0 Å². The van der Waals surface area contributed by atoms with Crippen molar-refractivity contribution in [1.82, 2.24) is 5.32 Å². The van der Waals surface area contributed by atoms with Crippen LogP contribution in [-0.4, -0.2) is 27.9 Å². The second-order valence-electron chi connectivity index (χ2n) is 7.37. The summed E-state index contributed by atoms with van der Waals surface area (Å²) >= 11 is 0. The Morgan fingerprint density at radius 1 is 1.16 bits per heavy atom. The SMILES string of the molecule is CC(C)(C)OC(=O)NC1(CC2(O)CC2)CCCCC1. The predicted molar refractivity (Wildman–Crippen MR) is 74.0 cm³/mol. The van der Waals surface area contributed by atoms with Crippen LogP contribution < -0.4 is 5.32 Å². The zero-order valence-corrected chi connectivity index (χ0v) is 12.4. The molecule has 2 aliphatic carbocycles. The van der Waals surface area contributed by atoms with E-state index in [1.165, 1.54) is 6.42 Å². The van der Waals surface area contributed by atoms with Crippen LogP contribution in [0.4, 0.5) is 4.79 Å². The summed E-state index contributed by atoms with van der Waals surface area (Å²) in [4.78, 5) is 12.0. The van der Waals surface area contributed by atoms with Gasteiger partial charge in [0.1, 0.15) is 5.60 Å². The highest BCUT2D eigenvalue weighted by Gasteiger charge is 2.48. The highest BCUT2D eigenvalue weighted by atomic mass is 16.6. The van der Waals surface area contributed by atoms with Crippen LogP contribution in [0.5, 0.6) is 0 Å². The first-order valence-corrected chi connectivity index (χ1v) is 7.46. The summed E-state index contributed by atoms with van der Waals surface area (Å²) in [6, 6.07) is 0. The van der Waals surface area contributed by atoms with E-state index in [-0.39, 0.29) is 11.6 Å². The highest BCUT2D eigenvalue weighted by molar-refractivity contribution is 5.68. The second-order valence-corrected chi connectivity index (χ2v) is 7.37. The molecule has 2 saturated carbocycles. The van der Waals surface area contributed by atoms with Crippen molar-refractivity contribution in [3.63, 3.8) is 0 Å². The largest absolute Gasteiger partial charge is 0.444 e. The fourth-order valence-electron chi connectivity index (χ4n) is 3.05. The number of amides is 1. The molecule has 0 aromatic rings. The molecule has 0 bridgehead atoms. The number of carbonyl (C=O) groups excluding carboxylic acids is 1. The lowest BCUT2D eigenvalue weighted by molar-refractivity contribution is 0.0312. The van der Waals surface area contributed by atoms with Gasteiger partial charge in [0.2, 0.25) is 0 Å². The number of ether oxygens (including phenoxy) is 1. The third kappa shape index (κ3) is 4.37. The first-order valence-electron chi connectivity index (χ1n) is 7.46. The number of nitrogens with one attached hydrogen (secondary N) is 1. The van der Waals surface area contributed by atoms with E-state index >= 15 is 0 Å². The molecule has 19 heavy (non-hydrogen) atoms. The van der Waals surface area contributed by atoms with Crippen molar-refractivity contribution >= 4 is 6.09 Å². The average molecular weight is 269 g/mol. The Morgan fingerprint density at radius 2 is 1.74 bits per heavy atom. The van der Waals surface area contributed by atoms with Gasteiger partial charge in [0.15, 0.2) is 0 Å². The Morgan fingerprint density at radius 3 is 2.21 bits per heavy atom. The van der Waals surface area contributed by atoms with Gasteiger partial charge in [-0.15, -0.1) is 0 Å². The van der Waals surface area contributed by atoms with E-state index in [9.17, 15) is 9.90 Å². The van der Waals surface area contributed by atoms with Crippen molar-refractivity contribution in [2.75, 3.05) is 0 Å². The Balaban J connectivity index is 1.99. The lowest BCUT2D eigenvalue weighted by atomic mass is 9.77. The van der Waals surface area contributed by atoms with Crippen LogP contribution >= 0.6 is 0 Å². The van der Waals surface area contributed by atoms with E-state index in [1.54, 1.807) is 0 Å². The maximum Gasteiger partial charge on any atom is 0.408 e. The van der Waals surface area contributed by atoms with Crippen molar-refractivity contribution in [2.45, 2.75) is 88.9 Å². The summed E-state index contributed by atoms with van der Waals surface area (Å²) in [5.74, 6) is 0. The number of alkyl carbamates (subject to hydrolysis) is 1. The fraction of sp³-hybridized carbons (Fsp3) is 0.933. The maximum absolute atomic E-state index is 12.0. The van der Waals surface area contributed by atoms with Crippen LogP contribution in [-0.2, 0) is 4.74 Å². The predicted octanol–water partition coefficient (Wildman–Crippen LogP) is 3.13. The van der Waals surface area contributed by atoms with E-state index in [0.29, 0.717) is 6.42 Å². The maximum atomic E-state index is 12.0. The Hall–Kier alpha value is -0.770. The van der Waals surface area contributed by atoms with Gasteiger partial charge in [-0.3, -0.25) is 0 Å². The van der Waals surface area contributed by atoms with Crippen LogP contribution in [0, 0.1) is 0 Å². The first kappa shape index (κ1) is 14.6. The average Bonchev–Trinajstić information content (AvgIpc) is 2.93. The second kappa shape index (κ2) is 4.97. The fourth-order valence-corrected chi connectivity index (χ4v) is 3.05. The molecule has 1 amide bonds. The van der Waals surface area contributed by atoms with E-state index in [4.69, 9.17) is 4.74 Å². The molecule has 0 aliphatic heterocycles. The molecule has 2 aliphatic rings. The minimum absolute atomic E-state index is 0.258. The minimum Gasteiger partial charge on any atom is -0.444 e. The Kier molecular flexibility index (Phi) is 3.83. The molecular formula is C15H27NO3. The summed E-state index contributed by atoms with van der Waals surface area (Å²) in [7, 11) is 0. The summed E-state index contributed by atoms with van der Waals surface area (Å²) < 4.78 is 5.37. The summed E-state index contributed by atoms with van der Waals surface area (Å²) in [5, 5.41) is 13.3. The number of hydrogen-bond acceptors (Lipinski definition) is 3. The lowest BCUT2D eigenvalue weighted by Crippen LogP contribution is -2.53. The van der Waals surface area contributed by atoms with E-state index < -0.39 is 11.2 Å². The first-order chi connectivity index (χ1) is 8.72. The molecule has 4 heteroatoms. The van der Waals surface area contributed by atoms with Crippen LogP contribution in [0.15, 0.2) is 0 Å². The van der Waals surface area contributed by atoms with Crippen molar-refractivity contribution in [1.29, 1.82) is 0 Å². The summed E-state index contributed by atoms with van der Waals surface area (Å²) in [6.45, 7) is 5.61. The molecule has 2 N–H and O–H groups in total. The molecule has 110 valence electrons. The van der Waals surface area contributed by atoms with Gasteiger partial charge >= 0.3 is 6.09 Å². The normalized spacial score (nSPS) is 24.6. The summed E-state index contributed by atoms with van der Waals surface area (Å²) in [5.41, 5.74) is -1.27. The minimum atomic E-state index is -0.535. The molecule has 0 radical (unpaired) electrons. The summed E-state index contributed by atoms with van der Waals surface area (Å²) in [6.07, 6.45) is 7.42. The van der Waals surface area contributed by atoms with Gasteiger partial charge in [-0.25, -0.2) is 4.79 Å². The van der Waals surface area contributed by atoms with Gasteiger partial charge in [-0.1, -0.05) is 19.3 Å². The van der Waals surface area contributed by atoms with Crippen molar-refractivity contribution in [2.24, 2.45) is 0 Å². The van der Waals surface area contributed by atoms with Gasteiger partial charge in [-0.2, -0.15) is 0 Å². The van der Waals surface area contributed by atoms with Gasteiger partial charge < -0.3 is 15.2 Å². The number of rotatable bonds is 3. The van der Waals surface area contributed by atoms with Gasteiger partial charge in [-0.05, 0) is 52.9 Å². The van der Waals surface area contributed by atoms with Crippen molar-refractivity contribution < 1.29 is 14.6 Å². The molecule has 0 atom stereocenters. The monoisotopic (exact) mass is 269 g/mol. The molecule has 4 nitrogen and oxygen atoms in total. The molecule has 0 unspecified atom stereocenters. The number of hydrogen-bond donors (Lipinski definition) is 2. The van der Waals surface area contributed by atoms with Crippen molar-refractivity contribution in [3.05, 3.63) is 0 Å². The molecule has 0 saturated heterocycles. The van der Waals surface area contributed by atoms with Crippen molar-refractivity contribution in [3.8, 4) is 0 Å². The van der Waals surface area contributed by atoms with E-state index in [2.05, 4.69) is 5.32 Å². The number of carbonyl (C=O) groups is 1. The third-order valence-corrected chi connectivity index (χ3v) is 4.07. The Bertz CT molecular complexity index is 336. The van der Waals surface area contributed by atoms with E-state index in [1.807, 2.05) is 20.8 Å². The standard InChI is InChI=1S/C15H27NO3/c1-13(2,3)19-12(17)16-14(7-5-4-6-8-14)11-15(18)9-10-15/h18H,4-11H2,1-3H3,(H,16,17). The molecule has 2 fully saturated rings. The number of aliphatic hydroxyl groups is 1. The third-order valence-electron chi connectivity index (χ3n) is 4.07. The van der Waals surface area contributed by atoms with Crippen LogP contribution in [0.25, 0.3) is 0 Å². The molecule has 0 aromatic heterocycles. The quantitative estimate of drug-likeness (QED) is 0.827. The van der Waals surface area contributed by atoms with Gasteiger partial charge in [0.05, 0.1) is 5.60 Å².